The predicted molar refractivity (Wildman–Crippen MR) is 86.2 cm³/mol. The zero-order valence-electron chi connectivity index (χ0n) is 12.6. The third kappa shape index (κ3) is 2.72. The minimum Gasteiger partial charge on any atom is -0.491 e. The number of hydrogen-bond acceptors (Lipinski definition) is 4. The van der Waals surface area contributed by atoms with Crippen LogP contribution in [0.3, 0.4) is 0 Å². The van der Waals surface area contributed by atoms with Crippen LogP contribution in [0, 0.1) is 5.82 Å². The molecule has 1 aromatic carbocycles. The van der Waals surface area contributed by atoms with Gasteiger partial charge in [0.15, 0.2) is 0 Å². The van der Waals surface area contributed by atoms with Gasteiger partial charge in [-0.15, -0.1) is 0 Å². The van der Waals surface area contributed by atoms with Gasteiger partial charge >= 0.3 is 0 Å². The first-order valence-corrected chi connectivity index (χ1v) is 7.74. The molecule has 1 aliphatic rings. The lowest BCUT2D eigenvalue weighted by Crippen LogP contribution is -2.34. The number of hydrogen-bond donors (Lipinski definition) is 1. The van der Waals surface area contributed by atoms with Crippen molar-refractivity contribution in [1.29, 1.82) is 0 Å². The van der Waals surface area contributed by atoms with Gasteiger partial charge in [-0.25, -0.2) is 14.4 Å². The number of rotatable bonds is 4. The minimum atomic E-state index is -0.282. The van der Waals surface area contributed by atoms with Crippen LogP contribution in [-0.4, -0.2) is 34.1 Å². The number of nitrogens with one attached hydrogen (secondary N) is 1. The molecule has 23 heavy (non-hydrogen) atoms. The largest absolute Gasteiger partial charge is 0.491 e. The van der Waals surface area contributed by atoms with E-state index in [1.54, 1.807) is 18.5 Å². The van der Waals surface area contributed by atoms with Gasteiger partial charge in [0.05, 0.1) is 11.4 Å². The molecule has 3 heterocycles. The highest BCUT2D eigenvalue weighted by molar-refractivity contribution is 5.87. The van der Waals surface area contributed by atoms with Crippen LogP contribution in [0.15, 0.2) is 42.9 Å². The molecule has 6 heteroatoms. The van der Waals surface area contributed by atoms with E-state index in [-0.39, 0.29) is 11.9 Å². The number of H-pyrrole nitrogens is 1. The summed E-state index contributed by atoms with van der Waals surface area (Å²) in [7, 11) is 0. The smallest absolute Gasteiger partial charge is 0.142 e. The summed E-state index contributed by atoms with van der Waals surface area (Å²) in [5.41, 5.74) is 0.840. The summed E-state index contributed by atoms with van der Waals surface area (Å²) in [5.74, 6) is 1.21. The van der Waals surface area contributed by atoms with Crippen molar-refractivity contribution in [3.8, 4) is 5.75 Å². The Hall–Kier alpha value is -2.63. The van der Waals surface area contributed by atoms with Gasteiger partial charge in [-0.2, -0.15) is 0 Å². The molecule has 1 atom stereocenters. The Morgan fingerprint density at radius 3 is 3.17 bits per heavy atom. The fourth-order valence-electron chi connectivity index (χ4n) is 3.12. The number of aromatic amines is 1. The minimum absolute atomic E-state index is 0.228. The number of aromatic nitrogens is 3. The van der Waals surface area contributed by atoms with Crippen molar-refractivity contribution in [2.75, 3.05) is 18.1 Å². The van der Waals surface area contributed by atoms with E-state index >= 15 is 0 Å². The molecule has 0 bridgehead atoms. The van der Waals surface area contributed by atoms with E-state index in [1.165, 1.54) is 12.1 Å². The van der Waals surface area contributed by atoms with Crippen LogP contribution in [0.1, 0.15) is 12.8 Å². The van der Waals surface area contributed by atoms with Gasteiger partial charge in [-0.05, 0) is 31.0 Å². The summed E-state index contributed by atoms with van der Waals surface area (Å²) in [4.78, 5) is 14.1. The quantitative estimate of drug-likeness (QED) is 0.804. The molecule has 0 amide bonds. The van der Waals surface area contributed by atoms with E-state index in [1.807, 2.05) is 12.3 Å². The van der Waals surface area contributed by atoms with E-state index in [2.05, 4.69) is 19.9 Å². The zero-order chi connectivity index (χ0) is 15.6. The summed E-state index contributed by atoms with van der Waals surface area (Å²) >= 11 is 0. The molecule has 1 saturated heterocycles. The Morgan fingerprint density at radius 1 is 1.30 bits per heavy atom. The molecular formula is C17H17FN4O. The van der Waals surface area contributed by atoms with Crippen molar-refractivity contribution in [2.24, 2.45) is 0 Å². The fourth-order valence-corrected chi connectivity index (χ4v) is 3.12. The predicted octanol–water partition coefficient (Wildman–Crippen LogP) is 3.14. The first kappa shape index (κ1) is 14.0. The molecule has 1 N–H and O–H groups in total. The molecule has 0 radical (unpaired) electrons. The maximum absolute atomic E-state index is 13.2. The Labute approximate surface area is 133 Å². The average Bonchev–Trinajstić information content (AvgIpc) is 3.21. The summed E-state index contributed by atoms with van der Waals surface area (Å²) in [6.07, 6.45) is 5.58. The van der Waals surface area contributed by atoms with Gasteiger partial charge in [0.2, 0.25) is 0 Å². The second-order valence-corrected chi connectivity index (χ2v) is 5.70. The summed E-state index contributed by atoms with van der Waals surface area (Å²) in [6, 6.07) is 8.48. The van der Waals surface area contributed by atoms with E-state index < -0.39 is 0 Å². The Kier molecular flexibility index (Phi) is 3.57. The molecule has 5 nitrogen and oxygen atoms in total. The Morgan fingerprint density at radius 2 is 2.26 bits per heavy atom. The van der Waals surface area contributed by atoms with E-state index in [4.69, 9.17) is 4.74 Å². The first-order chi connectivity index (χ1) is 11.3. The van der Waals surface area contributed by atoms with Gasteiger partial charge in [-0.1, -0.05) is 6.07 Å². The lowest BCUT2D eigenvalue weighted by molar-refractivity contribution is 0.287. The van der Waals surface area contributed by atoms with E-state index in [0.717, 1.165) is 36.2 Å². The Bertz CT molecular complexity index is 819. The van der Waals surface area contributed by atoms with Crippen molar-refractivity contribution in [1.82, 2.24) is 15.0 Å². The molecule has 4 rings (SSSR count). The third-order valence-corrected chi connectivity index (χ3v) is 4.22. The lowest BCUT2D eigenvalue weighted by atomic mass is 10.2. The van der Waals surface area contributed by atoms with Gasteiger partial charge in [0.1, 0.15) is 36.0 Å². The maximum Gasteiger partial charge on any atom is 0.142 e. The standard InChI is InChI=1S/C17H17FN4O/c18-12-3-1-5-14(9-12)23-10-13-4-2-8-22(13)17-15-6-7-19-16(15)20-11-21-17/h1,3,5-7,9,11,13H,2,4,8,10H2,(H,19,20,21)/t13-/m1/s1. The van der Waals surface area contributed by atoms with Crippen molar-refractivity contribution < 1.29 is 9.13 Å². The highest BCUT2D eigenvalue weighted by atomic mass is 19.1. The number of halogens is 1. The van der Waals surface area contributed by atoms with Crippen molar-refractivity contribution in [3.05, 3.63) is 48.7 Å². The van der Waals surface area contributed by atoms with E-state index in [0.29, 0.717) is 12.4 Å². The summed E-state index contributed by atoms with van der Waals surface area (Å²) < 4.78 is 19.0. The number of ether oxygens (including phenoxy) is 1. The van der Waals surface area contributed by atoms with Gasteiger partial charge in [0.25, 0.3) is 0 Å². The molecule has 0 aliphatic carbocycles. The molecule has 1 fully saturated rings. The van der Waals surface area contributed by atoms with Crippen LogP contribution in [0.5, 0.6) is 5.75 Å². The number of benzene rings is 1. The molecule has 3 aromatic rings. The lowest BCUT2D eigenvalue weighted by Gasteiger charge is -2.26. The summed E-state index contributed by atoms with van der Waals surface area (Å²) in [5, 5.41) is 1.02. The highest BCUT2D eigenvalue weighted by Crippen LogP contribution is 2.29. The maximum atomic E-state index is 13.2. The van der Waals surface area contributed by atoms with Crippen molar-refractivity contribution >= 4 is 16.9 Å². The average molecular weight is 312 g/mol. The summed E-state index contributed by atoms with van der Waals surface area (Å²) in [6.45, 7) is 1.45. The third-order valence-electron chi connectivity index (χ3n) is 4.22. The molecule has 0 spiro atoms. The van der Waals surface area contributed by atoms with Crippen LogP contribution in [-0.2, 0) is 0 Å². The molecular weight excluding hydrogens is 295 g/mol. The SMILES string of the molecule is Fc1cccc(OC[C@H]2CCCN2c2ncnc3[nH]ccc23)c1. The van der Waals surface area contributed by atoms with Crippen LogP contribution in [0.2, 0.25) is 0 Å². The Balaban J connectivity index is 1.54. The topological polar surface area (TPSA) is 54.0 Å². The highest BCUT2D eigenvalue weighted by Gasteiger charge is 2.27. The zero-order valence-corrected chi connectivity index (χ0v) is 12.6. The number of fused-ring (bicyclic) bond motifs is 1. The second-order valence-electron chi connectivity index (χ2n) is 5.70. The monoisotopic (exact) mass is 312 g/mol. The molecule has 0 unspecified atom stereocenters. The van der Waals surface area contributed by atoms with Crippen LogP contribution >= 0.6 is 0 Å². The fraction of sp³-hybridized carbons (Fsp3) is 0.294. The van der Waals surface area contributed by atoms with Crippen molar-refractivity contribution in [3.63, 3.8) is 0 Å². The van der Waals surface area contributed by atoms with Gasteiger partial charge in [0, 0.05) is 18.8 Å². The molecule has 118 valence electrons. The first-order valence-electron chi connectivity index (χ1n) is 7.74. The van der Waals surface area contributed by atoms with E-state index in [9.17, 15) is 4.39 Å². The van der Waals surface area contributed by atoms with Crippen LogP contribution in [0.4, 0.5) is 10.2 Å². The number of nitrogens with zero attached hydrogens (tertiary/aromatic N) is 3. The van der Waals surface area contributed by atoms with Crippen molar-refractivity contribution in [2.45, 2.75) is 18.9 Å². The number of anilines is 1. The second kappa shape index (κ2) is 5.87. The van der Waals surface area contributed by atoms with Gasteiger partial charge in [-0.3, -0.25) is 0 Å². The van der Waals surface area contributed by atoms with Crippen LogP contribution < -0.4 is 9.64 Å². The van der Waals surface area contributed by atoms with Gasteiger partial charge < -0.3 is 14.6 Å². The normalized spacial score (nSPS) is 17.8. The molecule has 2 aromatic heterocycles. The molecule has 0 saturated carbocycles. The van der Waals surface area contributed by atoms with Crippen LogP contribution in [0.25, 0.3) is 11.0 Å². The molecule has 1 aliphatic heterocycles.